The van der Waals surface area contributed by atoms with Gasteiger partial charge in [-0.15, -0.1) is 0 Å². The van der Waals surface area contributed by atoms with Gasteiger partial charge in [-0.25, -0.2) is 9.97 Å². The molecule has 408 valence electrons. The van der Waals surface area contributed by atoms with Gasteiger partial charge in [0, 0.05) is 65.3 Å². The zero-order valence-corrected chi connectivity index (χ0v) is 48.0. The van der Waals surface area contributed by atoms with Crippen molar-refractivity contribution in [3.8, 4) is 73.8 Å². The highest BCUT2D eigenvalue weighted by molar-refractivity contribution is 6.17. The second-order valence-corrected chi connectivity index (χ2v) is 23.0. The number of benzene rings is 12. The third kappa shape index (κ3) is 7.54. The highest BCUT2D eigenvalue weighted by atomic mass is 15.1. The van der Waals surface area contributed by atoms with Crippen molar-refractivity contribution >= 4 is 87.2 Å². The first-order chi connectivity index (χ1) is 42.9. The molecule has 0 saturated heterocycles. The minimum Gasteiger partial charge on any atom is -0.309 e. The van der Waals surface area contributed by atoms with Gasteiger partial charge in [0.1, 0.15) is 11.6 Å². The maximum absolute atomic E-state index is 13.2. The van der Waals surface area contributed by atoms with Crippen LogP contribution in [-0.4, -0.2) is 28.2 Å². The van der Waals surface area contributed by atoms with E-state index in [0.29, 0.717) is 22.6 Å². The fraction of sp³-hybridized carbons (Fsp3) is 0.0375. The molecule has 7 nitrogen and oxygen atoms in total. The lowest BCUT2D eigenvalue weighted by Crippen LogP contribution is -2.15. The molecule has 0 bridgehead atoms. The molecule has 17 rings (SSSR count). The Bertz CT molecular complexity index is 5640. The number of fused-ring (bicyclic) bond motifs is 12. The van der Waals surface area contributed by atoms with Crippen molar-refractivity contribution in [2.75, 3.05) is 0 Å². The van der Waals surface area contributed by atoms with Crippen LogP contribution < -0.4 is 0 Å². The Kier molecular flexibility index (Phi) is 11.2. The third-order valence-corrected chi connectivity index (χ3v) is 17.8. The Morgan fingerprint density at radius 2 is 0.632 bits per heavy atom. The van der Waals surface area contributed by atoms with Gasteiger partial charge in [-0.3, -0.25) is 0 Å². The Hall–Kier alpha value is -11.6. The minimum absolute atomic E-state index is 0.457. The van der Waals surface area contributed by atoms with Gasteiger partial charge in [-0.05, 0) is 99.6 Å². The van der Waals surface area contributed by atoms with Gasteiger partial charge in [0.25, 0.3) is 0 Å². The lowest BCUT2D eigenvalue weighted by Gasteiger charge is -2.29. The van der Waals surface area contributed by atoms with Gasteiger partial charge < -0.3 is 18.3 Å². The SMILES string of the molecule is Cc1ccc2c(c1)c1ccccc1n2-c1c(C#N)c(-n2c3ccccc3c3cc(C)ccc32)c(-c2ccccc2-n2c3ccccc3c3ccccc32)c(-n2c3ccccc3c3cc(C)ccc32)c1-c1nc(-c2ccccc2)cc(-c2ccccc2)n1. The summed E-state index contributed by atoms with van der Waals surface area (Å²) in [4.78, 5) is 11.8. The molecule has 0 atom stereocenters. The Balaban J connectivity index is 1.21. The minimum atomic E-state index is 0.457. The summed E-state index contributed by atoms with van der Waals surface area (Å²) in [6.45, 7) is 6.48. The van der Waals surface area contributed by atoms with Crippen LogP contribution in [0.25, 0.3) is 155 Å². The monoisotopic (exact) mass is 1110 g/mol. The van der Waals surface area contributed by atoms with Gasteiger partial charge >= 0.3 is 0 Å². The summed E-state index contributed by atoms with van der Waals surface area (Å²) in [5.74, 6) is 0.466. The van der Waals surface area contributed by atoms with Crippen LogP contribution in [0, 0.1) is 32.1 Å². The standard InChI is InChI=1S/C80H53N7/c1-49-38-41-72-60(44-49)56-28-12-18-34-68(56)85(72)77-63(48-81)78(86-69-35-19-13-29-57(69)61-45-50(2)39-42-73(61)86)76(80-82-64(52-22-6-4-7-23-52)47-65(83-80)53-24-8-5-9-25-53)79(87-70-36-20-14-30-58(70)62-46-51(3)40-43-74(62)87)75(77)59-31-15-21-37-71(59)84-66-32-16-10-26-54(66)55-27-11-17-33-67(55)84/h4-47H,1-3H3. The van der Waals surface area contributed by atoms with Crippen LogP contribution in [0.2, 0.25) is 0 Å². The van der Waals surface area contributed by atoms with Gasteiger partial charge in [0.2, 0.25) is 0 Å². The summed E-state index contributed by atoms with van der Waals surface area (Å²) >= 11 is 0. The second kappa shape index (κ2) is 19.5. The summed E-state index contributed by atoms with van der Waals surface area (Å²) in [5.41, 5.74) is 20.8. The van der Waals surface area contributed by atoms with E-state index in [1.54, 1.807) is 0 Å². The maximum Gasteiger partial charge on any atom is 0.164 e. The number of hydrogen-bond donors (Lipinski definition) is 0. The fourth-order valence-electron chi connectivity index (χ4n) is 14.1. The third-order valence-electron chi connectivity index (χ3n) is 17.8. The van der Waals surface area contributed by atoms with E-state index in [1.807, 2.05) is 12.1 Å². The van der Waals surface area contributed by atoms with Crippen molar-refractivity contribution in [3.05, 3.63) is 289 Å². The lowest BCUT2D eigenvalue weighted by atomic mass is 9.89. The molecule has 0 aliphatic heterocycles. The number of aryl methyl sites for hydroxylation is 3. The summed E-state index contributed by atoms with van der Waals surface area (Å²) in [6, 6.07) is 98.6. The molecule has 17 aromatic rings. The molecular weight excluding hydrogens is 1060 g/mol. The summed E-state index contributed by atoms with van der Waals surface area (Å²) < 4.78 is 9.64. The van der Waals surface area contributed by atoms with E-state index in [0.717, 1.165) is 155 Å². The molecule has 0 saturated carbocycles. The molecule has 87 heavy (non-hydrogen) atoms. The first kappa shape index (κ1) is 50.0. The molecular formula is C80H53N7. The van der Waals surface area contributed by atoms with Crippen LogP contribution >= 0.6 is 0 Å². The van der Waals surface area contributed by atoms with Crippen molar-refractivity contribution in [1.82, 2.24) is 28.2 Å². The molecule has 0 spiro atoms. The number of rotatable bonds is 8. The molecule has 0 fully saturated rings. The number of nitriles is 1. The predicted octanol–water partition coefficient (Wildman–Crippen LogP) is 20.3. The zero-order valence-electron chi connectivity index (χ0n) is 48.0. The summed E-state index contributed by atoms with van der Waals surface area (Å²) in [7, 11) is 0. The molecule has 0 amide bonds. The number of para-hydroxylation sites is 6. The first-order valence-corrected chi connectivity index (χ1v) is 29.6. The van der Waals surface area contributed by atoms with Gasteiger partial charge in [0.05, 0.1) is 83.8 Å². The second-order valence-electron chi connectivity index (χ2n) is 23.0. The number of nitrogens with zero attached hydrogens (tertiary/aromatic N) is 7. The molecule has 0 aliphatic rings. The predicted molar refractivity (Wildman–Crippen MR) is 360 cm³/mol. The van der Waals surface area contributed by atoms with Crippen LogP contribution in [0.1, 0.15) is 22.3 Å². The average Bonchev–Trinajstić information content (AvgIpc) is 1.67. The molecule has 0 N–H and O–H groups in total. The van der Waals surface area contributed by atoms with E-state index in [9.17, 15) is 5.26 Å². The van der Waals surface area contributed by atoms with Gasteiger partial charge in [0.15, 0.2) is 5.82 Å². The fourth-order valence-corrected chi connectivity index (χ4v) is 14.1. The van der Waals surface area contributed by atoms with Crippen LogP contribution in [-0.2, 0) is 0 Å². The molecule has 0 aliphatic carbocycles. The number of hydrogen-bond acceptors (Lipinski definition) is 3. The van der Waals surface area contributed by atoms with Crippen LogP contribution in [0.3, 0.4) is 0 Å². The normalized spacial score (nSPS) is 11.8. The Morgan fingerprint density at radius 1 is 0.299 bits per heavy atom. The largest absolute Gasteiger partial charge is 0.309 e. The first-order valence-electron chi connectivity index (χ1n) is 29.6. The van der Waals surface area contributed by atoms with Crippen molar-refractivity contribution in [2.45, 2.75) is 20.8 Å². The Morgan fingerprint density at radius 3 is 1.06 bits per heavy atom. The van der Waals surface area contributed by atoms with E-state index in [2.05, 4.69) is 300 Å². The molecule has 12 aromatic carbocycles. The molecule has 5 heterocycles. The lowest BCUT2D eigenvalue weighted by molar-refractivity contribution is 1.07. The smallest absolute Gasteiger partial charge is 0.164 e. The van der Waals surface area contributed by atoms with E-state index in [1.165, 1.54) is 0 Å². The van der Waals surface area contributed by atoms with Crippen molar-refractivity contribution < 1.29 is 0 Å². The summed E-state index contributed by atoms with van der Waals surface area (Å²) in [6.07, 6.45) is 0. The van der Waals surface area contributed by atoms with E-state index >= 15 is 0 Å². The van der Waals surface area contributed by atoms with Crippen LogP contribution in [0.5, 0.6) is 0 Å². The Labute approximate surface area is 501 Å². The van der Waals surface area contributed by atoms with Crippen LogP contribution in [0.4, 0.5) is 0 Å². The highest BCUT2D eigenvalue weighted by Crippen LogP contribution is 2.53. The van der Waals surface area contributed by atoms with Crippen molar-refractivity contribution in [2.24, 2.45) is 0 Å². The van der Waals surface area contributed by atoms with Crippen molar-refractivity contribution in [3.63, 3.8) is 0 Å². The summed E-state index contributed by atoms with van der Waals surface area (Å²) in [5, 5.41) is 22.0. The van der Waals surface area contributed by atoms with Crippen molar-refractivity contribution in [1.29, 1.82) is 5.26 Å². The highest BCUT2D eigenvalue weighted by Gasteiger charge is 2.36. The van der Waals surface area contributed by atoms with Crippen LogP contribution in [0.15, 0.2) is 267 Å². The molecule has 0 unspecified atom stereocenters. The molecule has 7 heteroatoms. The van der Waals surface area contributed by atoms with E-state index in [4.69, 9.17) is 9.97 Å². The van der Waals surface area contributed by atoms with Gasteiger partial charge in [-0.1, -0.05) is 205 Å². The average molecular weight is 1110 g/mol. The quantitative estimate of drug-likeness (QED) is 0.152. The van der Waals surface area contributed by atoms with E-state index < -0.39 is 0 Å². The zero-order chi connectivity index (χ0) is 58.0. The number of aromatic nitrogens is 6. The van der Waals surface area contributed by atoms with Gasteiger partial charge in [-0.2, -0.15) is 5.26 Å². The topological polar surface area (TPSA) is 69.3 Å². The molecule has 5 aromatic heterocycles. The maximum atomic E-state index is 13.2. The van der Waals surface area contributed by atoms with E-state index in [-0.39, 0.29) is 0 Å². The molecule has 0 radical (unpaired) electrons.